The molecule has 2 N–H and O–H groups in total. The number of hydrogen-bond acceptors (Lipinski definition) is 3. The van der Waals surface area contributed by atoms with Gasteiger partial charge in [0.05, 0.1) is 12.2 Å². The molecule has 0 unspecified atom stereocenters. The van der Waals surface area contributed by atoms with Gasteiger partial charge in [-0.15, -0.1) is 0 Å². The minimum Gasteiger partial charge on any atom is -0.374 e. The standard InChI is InChI=1S/C16H15FN2O2/c1-11(20)12-6-8-13(9-7-12)19-16(21)10-18-15-5-3-2-4-14(15)17/h2-9,18H,10H2,1H3,(H,19,21). The molecule has 0 aliphatic heterocycles. The Morgan fingerprint density at radius 1 is 1.05 bits per heavy atom. The van der Waals surface area contributed by atoms with Crippen LogP contribution < -0.4 is 10.6 Å². The van der Waals surface area contributed by atoms with Gasteiger partial charge >= 0.3 is 0 Å². The summed E-state index contributed by atoms with van der Waals surface area (Å²) in [5, 5.41) is 5.38. The van der Waals surface area contributed by atoms with Crippen molar-refractivity contribution in [3.8, 4) is 0 Å². The van der Waals surface area contributed by atoms with Crippen molar-refractivity contribution in [3.05, 3.63) is 59.9 Å². The zero-order valence-electron chi connectivity index (χ0n) is 11.5. The maximum Gasteiger partial charge on any atom is 0.243 e. The third-order valence-corrected chi connectivity index (χ3v) is 2.89. The second-order valence-electron chi connectivity index (χ2n) is 4.52. The van der Waals surface area contributed by atoms with Crippen LogP contribution in [0.25, 0.3) is 0 Å². The van der Waals surface area contributed by atoms with Crippen LogP contribution in [-0.4, -0.2) is 18.2 Å². The van der Waals surface area contributed by atoms with Crippen molar-refractivity contribution in [2.75, 3.05) is 17.2 Å². The van der Waals surface area contributed by atoms with Crippen molar-refractivity contribution in [1.29, 1.82) is 0 Å². The van der Waals surface area contributed by atoms with Crippen molar-refractivity contribution >= 4 is 23.1 Å². The number of amides is 1. The average molecular weight is 286 g/mol. The molecular weight excluding hydrogens is 271 g/mol. The van der Waals surface area contributed by atoms with E-state index in [1.165, 1.54) is 13.0 Å². The molecule has 108 valence electrons. The lowest BCUT2D eigenvalue weighted by atomic mass is 10.1. The average Bonchev–Trinajstić information content (AvgIpc) is 2.47. The third-order valence-electron chi connectivity index (χ3n) is 2.89. The van der Waals surface area contributed by atoms with E-state index in [0.717, 1.165) is 0 Å². The maximum atomic E-state index is 13.4. The van der Waals surface area contributed by atoms with E-state index in [9.17, 15) is 14.0 Å². The summed E-state index contributed by atoms with van der Waals surface area (Å²) in [5.74, 6) is -0.737. The molecule has 2 aromatic carbocycles. The molecule has 0 aromatic heterocycles. The zero-order chi connectivity index (χ0) is 15.2. The Bertz CT molecular complexity index is 654. The molecule has 0 atom stereocenters. The number of para-hydroxylation sites is 1. The van der Waals surface area contributed by atoms with Gasteiger partial charge in [0.2, 0.25) is 5.91 Å². The van der Waals surface area contributed by atoms with E-state index in [4.69, 9.17) is 0 Å². The summed E-state index contributed by atoms with van der Waals surface area (Å²) in [6.07, 6.45) is 0. The molecule has 0 bridgehead atoms. The smallest absolute Gasteiger partial charge is 0.243 e. The highest BCUT2D eigenvalue weighted by molar-refractivity contribution is 5.96. The Morgan fingerprint density at radius 2 is 1.71 bits per heavy atom. The van der Waals surface area contributed by atoms with Gasteiger partial charge in [-0.05, 0) is 43.3 Å². The highest BCUT2D eigenvalue weighted by atomic mass is 19.1. The maximum absolute atomic E-state index is 13.4. The molecule has 0 aliphatic carbocycles. The molecule has 0 radical (unpaired) electrons. The number of anilines is 2. The van der Waals surface area contributed by atoms with Gasteiger partial charge in [0, 0.05) is 11.3 Å². The van der Waals surface area contributed by atoms with Gasteiger partial charge in [-0.2, -0.15) is 0 Å². The molecule has 2 rings (SSSR count). The lowest BCUT2D eigenvalue weighted by Crippen LogP contribution is -2.22. The summed E-state index contributed by atoms with van der Waals surface area (Å²) in [6.45, 7) is 1.43. The van der Waals surface area contributed by atoms with Crippen LogP contribution >= 0.6 is 0 Å². The number of benzene rings is 2. The molecule has 0 fully saturated rings. The Balaban J connectivity index is 1.90. The molecule has 21 heavy (non-hydrogen) atoms. The van der Waals surface area contributed by atoms with Crippen LogP contribution in [0.4, 0.5) is 15.8 Å². The normalized spacial score (nSPS) is 10.0. The topological polar surface area (TPSA) is 58.2 Å². The molecule has 1 amide bonds. The fourth-order valence-electron chi connectivity index (χ4n) is 1.77. The zero-order valence-corrected chi connectivity index (χ0v) is 11.5. The number of halogens is 1. The lowest BCUT2D eigenvalue weighted by Gasteiger charge is -2.08. The fraction of sp³-hybridized carbons (Fsp3) is 0.125. The van der Waals surface area contributed by atoms with Gasteiger partial charge in [-0.3, -0.25) is 9.59 Å². The fourth-order valence-corrected chi connectivity index (χ4v) is 1.77. The number of carbonyl (C=O) groups excluding carboxylic acids is 2. The summed E-state index contributed by atoms with van der Waals surface area (Å²) < 4.78 is 13.4. The minimum absolute atomic E-state index is 0.0332. The van der Waals surface area contributed by atoms with Crippen molar-refractivity contribution in [3.63, 3.8) is 0 Å². The first-order valence-corrected chi connectivity index (χ1v) is 6.45. The monoisotopic (exact) mass is 286 g/mol. The van der Waals surface area contributed by atoms with Crippen LogP contribution in [0.15, 0.2) is 48.5 Å². The molecule has 0 spiro atoms. The summed E-state index contributed by atoms with van der Waals surface area (Å²) >= 11 is 0. The van der Waals surface area contributed by atoms with Gasteiger partial charge in [0.1, 0.15) is 5.82 Å². The molecule has 0 saturated carbocycles. The molecule has 5 heteroatoms. The number of hydrogen-bond donors (Lipinski definition) is 2. The number of Topliss-reactive ketones (excluding diaryl/α,β-unsaturated/α-hetero) is 1. The predicted molar refractivity (Wildman–Crippen MR) is 80.0 cm³/mol. The summed E-state index contributed by atoms with van der Waals surface area (Å²) in [5.41, 5.74) is 1.44. The van der Waals surface area contributed by atoms with Gasteiger partial charge in [0.15, 0.2) is 5.78 Å². The van der Waals surface area contributed by atoms with Crippen LogP contribution in [0.3, 0.4) is 0 Å². The second kappa shape index (κ2) is 6.65. The van der Waals surface area contributed by atoms with Crippen molar-refractivity contribution < 1.29 is 14.0 Å². The summed E-state index contributed by atoms with van der Waals surface area (Å²) in [7, 11) is 0. The quantitative estimate of drug-likeness (QED) is 0.830. The van der Waals surface area contributed by atoms with Gasteiger partial charge in [-0.25, -0.2) is 4.39 Å². The minimum atomic E-state index is -0.406. The molecule has 0 saturated heterocycles. The van der Waals surface area contributed by atoms with Gasteiger partial charge in [0.25, 0.3) is 0 Å². The number of carbonyl (C=O) groups is 2. The highest BCUT2D eigenvalue weighted by Gasteiger charge is 2.05. The number of ketones is 1. The number of nitrogens with one attached hydrogen (secondary N) is 2. The summed E-state index contributed by atoms with van der Waals surface area (Å²) in [6, 6.07) is 12.7. The van der Waals surface area contributed by atoms with Crippen LogP contribution in [-0.2, 0) is 4.79 Å². The van der Waals surface area contributed by atoms with Crippen LogP contribution in [0.2, 0.25) is 0 Å². The molecule has 2 aromatic rings. The summed E-state index contributed by atoms with van der Waals surface area (Å²) in [4.78, 5) is 22.9. The van der Waals surface area contributed by atoms with E-state index >= 15 is 0 Å². The van der Waals surface area contributed by atoms with Crippen molar-refractivity contribution in [2.24, 2.45) is 0 Å². The van der Waals surface area contributed by atoms with E-state index in [2.05, 4.69) is 10.6 Å². The molecule has 0 heterocycles. The molecule has 4 nitrogen and oxygen atoms in total. The first-order chi connectivity index (χ1) is 10.1. The van der Waals surface area contributed by atoms with Crippen LogP contribution in [0, 0.1) is 5.82 Å². The van der Waals surface area contributed by atoms with Gasteiger partial charge in [-0.1, -0.05) is 12.1 Å². The lowest BCUT2D eigenvalue weighted by molar-refractivity contribution is -0.114. The van der Waals surface area contributed by atoms with E-state index in [-0.39, 0.29) is 23.9 Å². The predicted octanol–water partition coefficient (Wildman–Crippen LogP) is 3.08. The Kier molecular flexibility index (Phi) is 4.66. The Morgan fingerprint density at radius 3 is 2.33 bits per heavy atom. The van der Waals surface area contributed by atoms with Crippen LogP contribution in [0.1, 0.15) is 17.3 Å². The van der Waals surface area contributed by atoms with Crippen molar-refractivity contribution in [2.45, 2.75) is 6.92 Å². The number of rotatable bonds is 5. The largest absolute Gasteiger partial charge is 0.374 e. The van der Waals surface area contributed by atoms with Gasteiger partial charge < -0.3 is 10.6 Å². The van der Waals surface area contributed by atoms with E-state index in [0.29, 0.717) is 11.3 Å². The first-order valence-electron chi connectivity index (χ1n) is 6.45. The van der Waals surface area contributed by atoms with Crippen molar-refractivity contribution in [1.82, 2.24) is 0 Å². The van der Waals surface area contributed by atoms with E-state index in [1.54, 1.807) is 42.5 Å². The van der Waals surface area contributed by atoms with E-state index < -0.39 is 5.82 Å². The third kappa shape index (κ3) is 4.14. The Labute approximate surface area is 122 Å². The second-order valence-corrected chi connectivity index (χ2v) is 4.52. The SMILES string of the molecule is CC(=O)c1ccc(NC(=O)CNc2ccccc2F)cc1. The highest BCUT2D eigenvalue weighted by Crippen LogP contribution is 2.13. The van der Waals surface area contributed by atoms with E-state index in [1.807, 2.05) is 0 Å². The van der Waals surface area contributed by atoms with Crippen LogP contribution in [0.5, 0.6) is 0 Å². The molecule has 0 aliphatic rings. The first kappa shape index (κ1) is 14.7. The Hall–Kier alpha value is -2.69. The molecular formula is C16H15FN2O2.